The lowest BCUT2D eigenvalue weighted by molar-refractivity contribution is -0.0660. The van der Waals surface area contributed by atoms with Crippen molar-refractivity contribution in [2.45, 2.75) is 31.7 Å². The number of aromatic amines is 1. The molecule has 3 rings (SSSR count). The molecule has 0 saturated carbocycles. The molecule has 3 N–H and O–H groups in total. The maximum Gasteiger partial charge on any atom is 0.0587 e. The summed E-state index contributed by atoms with van der Waals surface area (Å²) >= 11 is 0. The summed E-state index contributed by atoms with van der Waals surface area (Å²) in [6.45, 7) is 5.80. The van der Waals surface area contributed by atoms with E-state index in [4.69, 9.17) is 10.5 Å². The fourth-order valence-electron chi connectivity index (χ4n) is 3.29. The predicted molar refractivity (Wildman–Crippen MR) is 73.8 cm³/mol. The number of aromatic nitrogens is 1. The van der Waals surface area contributed by atoms with E-state index >= 15 is 0 Å². The third-order valence-electron chi connectivity index (χ3n) is 3.89. The van der Waals surface area contributed by atoms with Crippen LogP contribution in [0.15, 0.2) is 24.3 Å². The molecule has 1 atom stereocenters. The van der Waals surface area contributed by atoms with Gasteiger partial charge in [-0.3, -0.25) is 0 Å². The zero-order valence-electron chi connectivity index (χ0n) is 11.0. The molecule has 0 aliphatic carbocycles. The molecule has 2 heterocycles. The van der Waals surface area contributed by atoms with E-state index in [2.05, 4.69) is 43.1 Å². The highest BCUT2D eigenvalue weighted by Gasteiger charge is 2.43. The highest BCUT2D eigenvalue weighted by Crippen LogP contribution is 2.42. The van der Waals surface area contributed by atoms with E-state index < -0.39 is 0 Å². The molecule has 96 valence electrons. The van der Waals surface area contributed by atoms with Crippen molar-refractivity contribution in [3.8, 4) is 0 Å². The minimum absolute atomic E-state index is 0.109. The third kappa shape index (κ3) is 1.66. The standard InChI is InChI=1S/C15H20N2O/c1-10(16)7-15(8-18-9-15)14-11(2)17-13-6-4-3-5-12(13)14/h3-6,10,17H,7-9,16H2,1-2H3. The monoisotopic (exact) mass is 244 g/mol. The van der Waals surface area contributed by atoms with Crippen LogP contribution in [0.5, 0.6) is 0 Å². The van der Waals surface area contributed by atoms with Crippen molar-refractivity contribution in [3.63, 3.8) is 0 Å². The molecular weight excluding hydrogens is 224 g/mol. The van der Waals surface area contributed by atoms with Gasteiger partial charge >= 0.3 is 0 Å². The molecule has 0 bridgehead atoms. The molecule has 1 aliphatic heterocycles. The third-order valence-corrected chi connectivity index (χ3v) is 3.89. The molecule has 1 fully saturated rings. The van der Waals surface area contributed by atoms with Crippen LogP contribution in [-0.4, -0.2) is 24.2 Å². The van der Waals surface area contributed by atoms with Gasteiger partial charge in [0, 0.05) is 28.1 Å². The molecule has 0 amide bonds. The predicted octanol–water partition coefficient (Wildman–Crippen LogP) is 2.48. The summed E-state index contributed by atoms with van der Waals surface area (Å²) in [5.41, 5.74) is 10.00. The number of para-hydroxylation sites is 1. The maximum absolute atomic E-state index is 6.02. The Morgan fingerprint density at radius 1 is 1.39 bits per heavy atom. The second kappa shape index (κ2) is 4.11. The first-order valence-corrected chi connectivity index (χ1v) is 6.53. The van der Waals surface area contributed by atoms with E-state index in [1.165, 1.54) is 22.2 Å². The van der Waals surface area contributed by atoms with Crippen molar-refractivity contribution in [1.29, 1.82) is 0 Å². The largest absolute Gasteiger partial charge is 0.379 e. The van der Waals surface area contributed by atoms with Gasteiger partial charge in [-0.15, -0.1) is 0 Å². The first-order valence-electron chi connectivity index (χ1n) is 6.53. The lowest BCUT2D eigenvalue weighted by atomic mass is 9.73. The lowest BCUT2D eigenvalue weighted by Crippen LogP contribution is -2.50. The van der Waals surface area contributed by atoms with Crippen molar-refractivity contribution in [2.24, 2.45) is 5.73 Å². The van der Waals surface area contributed by atoms with Gasteiger partial charge in [-0.2, -0.15) is 0 Å². The molecule has 2 aromatic rings. The van der Waals surface area contributed by atoms with Crippen LogP contribution in [0.4, 0.5) is 0 Å². The zero-order chi connectivity index (χ0) is 12.8. The Balaban J connectivity index is 2.15. The molecular formula is C15H20N2O. The Hall–Kier alpha value is -1.32. The Kier molecular flexibility index (Phi) is 2.68. The van der Waals surface area contributed by atoms with Gasteiger partial charge < -0.3 is 15.5 Å². The molecule has 1 saturated heterocycles. The fourth-order valence-corrected chi connectivity index (χ4v) is 3.29. The number of ether oxygens (including phenoxy) is 1. The number of nitrogens with one attached hydrogen (secondary N) is 1. The van der Waals surface area contributed by atoms with E-state index in [1.807, 2.05) is 0 Å². The molecule has 0 radical (unpaired) electrons. The van der Waals surface area contributed by atoms with Crippen LogP contribution in [0.3, 0.4) is 0 Å². The normalized spacial score (nSPS) is 19.7. The summed E-state index contributed by atoms with van der Waals surface area (Å²) in [4.78, 5) is 3.48. The Morgan fingerprint density at radius 3 is 2.72 bits per heavy atom. The number of benzene rings is 1. The number of hydrogen-bond acceptors (Lipinski definition) is 2. The van der Waals surface area contributed by atoms with Crippen LogP contribution in [0.2, 0.25) is 0 Å². The van der Waals surface area contributed by atoms with Crippen LogP contribution < -0.4 is 5.73 Å². The van der Waals surface area contributed by atoms with Crippen LogP contribution in [0.1, 0.15) is 24.6 Å². The Morgan fingerprint density at radius 2 is 2.11 bits per heavy atom. The van der Waals surface area contributed by atoms with Crippen molar-refractivity contribution >= 4 is 10.9 Å². The first kappa shape index (κ1) is 11.8. The van der Waals surface area contributed by atoms with Crippen LogP contribution >= 0.6 is 0 Å². The number of rotatable bonds is 3. The molecule has 3 heteroatoms. The number of fused-ring (bicyclic) bond motifs is 1. The van der Waals surface area contributed by atoms with Gasteiger partial charge in [0.15, 0.2) is 0 Å². The molecule has 1 aliphatic rings. The second-order valence-electron chi connectivity index (χ2n) is 5.63. The SMILES string of the molecule is Cc1[nH]c2ccccc2c1C1(CC(C)N)COC1. The van der Waals surface area contributed by atoms with Gasteiger partial charge in [-0.05, 0) is 31.9 Å². The maximum atomic E-state index is 6.02. The summed E-state index contributed by atoms with van der Waals surface area (Å²) < 4.78 is 5.50. The highest BCUT2D eigenvalue weighted by molar-refractivity contribution is 5.86. The topological polar surface area (TPSA) is 51.0 Å². The lowest BCUT2D eigenvalue weighted by Gasteiger charge is -2.43. The summed E-state index contributed by atoms with van der Waals surface area (Å²) in [6, 6.07) is 8.68. The molecule has 3 nitrogen and oxygen atoms in total. The minimum atomic E-state index is 0.109. The Labute approximate surface area is 107 Å². The molecule has 1 unspecified atom stereocenters. The van der Waals surface area contributed by atoms with Crippen LogP contribution in [0.25, 0.3) is 10.9 Å². The van der Waals surface area contributed by atoms with Crippen LogP contribution in [-0.2, 0) is 10.2 Å². The van der Waals surface area contributed by atoms with E-state index in [0.717, 1.165) is 19.6 Å². The van der Waals surface area contributed by atoms with Gasteiger partial charge in [0.1, 0.15) is 0 Å². The summed E-state index contributed by atoms with van der Waals surface area (Å²) in [5.74, 6) is 0. The molecule has 0 spiro atoms. The average Bonchev–Trinajstić information content (AvgIpc) is 2.60. The van der Waals surface area contributed by atoms with Crippen molar-refractivity contribution in [3.05, 3.63) is 35.5 Å². The van der Waals surface area contributed by atoms with E-state index in [-0.39, 0.29) is 11.5 Å². The summed E-state index contributed by atoms with van der Waals surface area (Å²) in [5, 5.41) is 1.32. The van der Waals surface area contributed by atoms with Gasteiger partial charge in [-0.25, -0.2) is 0 Å². The fraction of sp³-hybridized carbons (Fsp3) is 0.467. The van der Waals surface area contributed by atoms with Gasteiger partial charge in [-0.1, -0.05) is 18.2 Å². The minimum Gasteiger partial charge on any atom is -0.379 e. The Bertz CT molecular complexity index is 567. The molecule has 18 heavy (non-hydrogen) atoms. The quantitative estimate of drug-likeness (QED) is 0.871. The zero-order valence-corrected chi connectivity index (χ0v) is 11.0. The van der Waals surface area contributed by atoms with Crippen molar-refractivity contribution in [2.75, 3.05) is 13.2 Å². The molecule has 1 aromatic carbocycles. The summed E-state index contributed by atoms with van der Waals surface area (Å²) in [7, 11) is 0. The molecule has 1 aromatic heterocycles. The number of hydrogen-bond donors (Lipinski definition) is 2. The average molecular weight is 244 g/mol. The second-order valence-corrected chi connectivity index (χ2v) is 5.63. The van der Waals surface area contributed by atoms with Crippen molar-refractivity contribution in [1.82, 2.24) is 4.98 Å². The van der Waals surface area contributed by atoms with Gasteiger partial charge in [0.05, 0.1) is 13.2 Å². The van der Waals surface area contributed by atoms with Gasteiger partial charge in [0.2, 0.25) is 0 Å². The first-order chi connectivity index (χ1) is 8.62. The number of nitrogens with two attached hydrogens (primary N) is 1. The summed E-state index contributed by atoms with van der Waals surface area (Å²) in [6.07, 6.45) is 0.982. The number of H-pyrrole nitrogens is 1. The highest BCUT2D eigenvalue weighted by atomic mass is 16.5. The van der Waals surface area contributed by atoms with Gasteiger partial charge in [0.25, 0.3) is 0 Å². The van der Waals surface area contributed by atoms with E-state index in [1.54, 1.807) is 0 Å². The van der Waals surface area contributed by atoms with E-state index in [9.17, 15) is 0 Å². The number of aryl methyl sites for hydroxylation is 1. The smallest absolute Gasteiger partial charge is 0.0587 e. The van der Waals surface area contributed by atoms with Crippen molar-refractivity contribution < 1.29 is 4.74 Å². The van der Waals surface area contributed by atoms with E-state index in [0.29, 0.717) is 0 Å². The van der Waals surface area contributed by atoms with Crippen LogP contribution in [0, 0.1) is 6.92 Å².